The predicted octanol–water partition coefficient (Wildman–Crippen LogP) is 3.43. The Kier molecular flexibility index (Phi) is 4.70. The zero-order chi connectivity index (χ0) is 18.0. The molecule has 1 unspecified atom stereocenters. The number of para-hydroxylation sites is 1. The monoisotopic (exact) mass is 339 g/mol. The van der Waals surface area contributed by atoms with E-state index in [0.717, 1.165) is 24.9 Å². The highest BCUT2D eigenvalue weighted by molar-refractivity contribution is 5.93. The zero-order valence-corrected chi connectivity index (χ0v) is 14.1. The van der Waals surface area contributed by atoms with Crippen LogP contribution in [0.5, 0.6) is 0 Å². The molecule has 0 saturated heterocycles. The summed E-state index contributed by atoms with van der Waals surface area (Å²) >= 11 is 0. The van der Waals surface area contributed by atoms with Crippen molar-refractivity contribution in [1.82, 2.24) is 0 Å². The molecule has 6 heteroatoms. The van der Waals surface area contributed by atoms with Crippen LogP contribution < -0.4 is 10.6 Å². The number of nitrogens with two attached hydrogens (primary N) is 1. The van der Waals surface area contributed by atoms with Gasteiger partial charge in [0.05, 0.1) is 11.5 Å². The summed E-state index contributed by atoms with van der Waals surface area (Å²) in [6.07, 6.45) is 3.02. The van der Waals surface area contributed by atoms with Crippen molar-refractivity contribution in [2.45, 2.75) is 38.8 Å². The van der Waals surface area contributed by atoms with Crippen molar-refractivity contribution in [3.05, 3.63) is 69.3 Å². The summed E-state index contributed by atoms with van der Waals surface area (Å²) < 4.78 is 0. The quantitative estimate of drug-likeness (QED) is 0.667. The van der Waals surface area contributed by atoms with Gasteiger partial charge in [0.1, 0.15) is 0 Å². The average Bonchev–Trinajstić information content (AvgIpc) is 2.62. The van der Waals surface area contributed by atoms with Crippen molar-refractivity contribution >= 4 is 17.3 Å². The lowest BCUT2D eigenvalue weighted by atomic mass is 9.93. The molecule has 6 nitrogen and oxygen atoms in total. The molecule has 0 fully saturated rings. The Morgan fingerprint density at radius 3 is 2.76 bits per heavy atom. The Hall–Kier alpha value is -2.89. The molecular weight excluding hydrogens is 318 g/mol. The molecule has 0 spiro atoms. The Morgan fingerprint density at radius 2 is 2.08 bits per heavy atom. The van der Waals surface area contributed by atoms with Crippen LogP contribution in [-0.2, 0) is 13.0 Å². The van der Waals surface area contributed by atoms with Gasteiger partial charge in [-0.1, -0.05) is 25.1 Å². The average molecular weight is 339 g/mol. The Balaban J connectivity index is 2.01. The maximum Gasteiger partial charge on any atom is 0.275 e. The summed E-state index contributed by atoms with van der Waals surface area (Å²) in [5.74, 6) is -0.663. The zero-order valence-electron chi connectivity index (χ0n) is 14.1. The summed E-state index contributed by atoms with van der Waals surface area (Å²) in [6.45, 7) is 2.57. The topological polar surface area (TPSA) is 89.5 Å². The molecule has 2 aromatic rings. The van der Waals surface area contributed by atoms with Crippen LogP contribution in [0.15, 0.2) is 42.5 Å². The van der Waals surface area contributed by atoms with Crippen molar-refractivity contribution in [3.63, 3.8) is 0 Å². The van der Waals surface area contributed by atoms with E-state index in [0.29, 0.717) is 18.2 Å². The van der Waals surface area contributed by atoms with E-state index < -0.39 is 10.8 Å². The van der Waals surface area contributed by atoms with Crippen LogP contribution in [-0.4, -0.2) is 16.9 Å². The first-order valence-electron chi connectivity index (χ1n) is 8.43. The van der Waals surface area contributed by atoms with Gasteiger partial charge >= 0.3 is 0 Å². The van der Waals surface area contributed by atoms with E-state index in [-0.39, 0.29) is 11.3 Å². The maximum atomic E-state index is 11.5. The first-order chi connectivity index (χ1) is 12.0. The molecule has 0 aromatic heterocycles. The molecule has 0 saturated carbocycles. The van der Waals surface area contributed by atoms with E-state index in [4.69, 9.17) is 5.73 Å². The van der Waals surface area contributed by atoms with Gasteiger partial charge in [-0.2, -0.15) is 0 Å². The number of fused-ring (bicyclic) bond motifs is 1. The fourth-order valence-corrected chi connectivity index (χ4v) is 3.52. The van der Waals surface area contributed by atoms with Gasteiger partial charge in [-0.05, 0) is 43.0 Å². The van der Waals surface area contributed by atoms with Crippen LogP contribution in [0.1, 0.15) is 41.3 Å². The molecule has 1 aliphatic rings. The Bertz CT molecular complexity index is 819. The molecule has 25 heavy (non-hydrogen) atoms. The largest absolute Gasteiger partial charge is 0.366 e. The second-order valence-corrected chi connectivity index (χ2v) is 6.32. The third-order valence-electron chi connectivity index (χ3n) is 4.87. The molecule has 2 N–H and O–H groups in total. The van der Waals surface area contributed by atoms with E-state index in [9.17, 15) is 14.9 Å². The van der Waals surface area contributed by atoms with Gasteiger partial charge in [-0.15, -0.1) is 0 Å². The third kappa shape index (κ3) is 3.33. The summed E-state index contributed by atoms with van der Waals surface area (Å²) in [5.41, 5.74) is 8.33. The minimum Gasteiger partial charge on any atom is -0.366 e. The van der Waals surface area contributed by atoms with Crippen LogP contribution >= 0.6 is 0 Å². The number of nitrogens with zero attached hydrogens (tertiary/aromatic N) is 2. The van der Waals surface area contributed by atoms with Gasteiger partial charge < -0.3 is 10.6 Å². The highest BCUT2D eigenvalue weighted by Crippen LogP contribution is 2.34. The number of benzene rings is 2. The number of anilines is 1. The van der Waals surface area contributed by atoms with Crippen molar-refractivity contribution in [1.29, 1.82) is 0 Å². The van der Waals surface area contributed by atoms with Gasteiger partial charge in [-0.25, -0.2) is 0 Å². The normalized spacial score (nSPS) is 16.4. The highest BCUT2D eigenvalue weighted by Gasteiger charge is 2.27. The van der Waals surface area contributed by atoms with E-state index in [1.807, 2.05) is 12.1 Å². The van der Waals surface area contributed by atoms with Crippen molar-refractivity contribution < 1.29 is 9.72 Å². The van der Waals surface area contributed by atoms with Gasteiger partial charge in [-0.3, -0.25) is 14.9 Å². The maximum absolute atomic E-state index is 11.5. The standard InChI is InChI=1S/C19H21N3O3/c1-2-16-10-9-13-5-3-4-6-17(13)21(16)12-15-8-7-14(19(20)23)11-18(15)22(24)25/h3-8,11,16H,2,9-10,12H2,1H3,(H2,20,23). The molecule has 3 rings (SSSR count). The van der Waals surface area contributed by atoms with Crippen LogP contribution in [0.4, 0.5) is 11.4 Å². The Labute approximate surface area is 146 Å². The number of hydrogen-bond donors (Lipinski definition) is 1. The van der Waals surface area contributed by atoms with E-state index in [1.165, 1.54) is 11.6 Å². The van der Waals surface area contributed by atoms with Crippen LogP contribution in [0.25, 0.3) is 0 Å². The van der Waals surface area contributed by atoms with Crippen LogP contribution in [0, 0.1) is 10.1 Å². The SMILES string of the molecule is CCC1CCc2ccccc2N1Cc1ccc(C(N)=O)cc1[N+](=O)[O-]. The van der Waals surface area contributed by atoms with Gasteiger partial charge in [0, 0.05) is 28.9 Å². The smallest absolute Gasteiger partial charge is 0.275 e. The number of hydrogen-bond acceptors (Lipinski definition) is 4. The van der Waals surface area contributed by atoms with E-state index in [2.05, 4.69) is 24.0 Å². The second kappa shape index (κ2) is 6.93. The van der Waals surface area contributed by atoms with Crippen molar-refractivity contribution in [2.75, 3.05) is 4.90 Å². The lowest BCUT2D eigenvalue weighted by molar-refractivity contribution is -0.385. The predicted molar refractivity (Wildman–Crippen MR) is 96.6 cm³/mol. The summed E-state index contributed by atoms with van der Waals surface area (Å²) in [4.78, 5) is 24.6. The first kappa shape index (κ1) is 17.0. The molecule has 1 atom stereocenters. The van der Waals surface area contributed by atoms with Crippen molar-refractivity contribution in [2.24, 2.45) is 5.73 Å². The lowest BCUT2D eigenvalue weighted by Crippen LogP contribution is -2.38. The molecule has 0 bridgehead atoms. The van der Waals surface area contributed by atoms with Gasteiger partial charge in [0.2, 0.25) is 5.91 Å². The number of carbonyl (C=O) groups is 1. The van der Waals surface area contributed by atoms with E-state index >= 15 is 0 Å². The minimum atomic E-state index is -0.663. The fourth-order valence-electron chi connectivity index (χ4n) is 3.52. The Morgan fingerprint density at radius 1 is 1.32 bits per heavy atom. The summed E-state index contributed by atoms with van der Waals surface area (Å²) in [5, 5.41) is 11.5. The van der Waals surface area contributed by atoms with Crippen LogP contribution in [0.3, 0.4) is 0 Å². The molecule has 1 aliphatic heterocycles. The number of amides is 1. The summed E-state index contributed by atoms with van der Waals surface area (Å²) in [7, 11) is 0. The summed E-state index contributed by atoms with van der Waals surface area (Å²) in [6, 6.07) is 13.0. The molecule has 0 radical (unpaired) electrons. The number of primary amides is 1. The fraction of sp³-hybridized carbons (Fsp3) is 0.316. The molecule has 1 amide bonds. The van der Waals surface area contributed by atoms with Crippen molar-refractivity contribution in [3.8, 4) is 0 Å². The van der Waals surface area contributed by atoms with Crippen LogP contribution in [0.2, 0.25) is 0 Å². The number of aryl methyl sites for hydroxylation is 1. The molecular formula is C19H21N3O3. The van der Waals surface area contributed by atoms with Gasteiger partial charge in [0.25, 0.3) is 5.69 Å². The van der Waals surface area contributed by atoms with E-state index in [1.54, 1.807) is 12.1 Å². The second-order valence-electron chi connectivity index (χ2n) is 6.32. The number of nitro benzene ring substituents is 1. The molecule has 130 valence electrons. The number of carbonyl (C=O) groups excluding carboxylic acids is 1. The number of nitro groups is 1. The molecule has 2 aromatic carbocycles. The first-order valence-corrected chi connectivity index (χ1v) is 8.43. The third-order valence-corrected chi connectivity index (χ3v) is 4.87. The molecule has 1 heterocycles. The molecule has 0 aliphatic carbocycles. The van der Waals surface area contributed by atoms with Gasteiger partial charge in [0.15, 0.2) is 0 Å². The highest BCUT2D eigenvalue weighted by atomic mass is 16.6. The minimum absolute atomic E-state index is 0.0609. The lowest BCUT2D eigenvalue weighted by Gasteiger charge is -2.38. The number of rotatable bonds is 5.